The molecule has 21 nitrogen and oxygen atoms in total. The van der Waals surface area contributed by atoms with E-state index in [9.17, 15) is 48.3 Å². The molecule has 21 heteroatoms. The third-order valence-electron chi connectivity index (χ3n) is 14.2. The van der Waals surface area contributed by atoms with Crippen LogP contribution in [0.3, 0.4) is 0 Å². The number of carbonyl (C=O) groups excluding carboxylic acids is 9. The molecule has 1 fully saturated rings. The van der Waals surface area contributed by atoms with Gasteiger partial charge in [0.2, 0.25) is 35.4 Å². The van der Waals surface area contributed by atoms with Gasteiger partial charge in [-0.25, -0.2) is 0 Å². The Morgan fingerprint density at radius 3 is 1.94 bits per heavy atom. The van der Waals surface area contributed by atoms with Crippen LogP contribution in [0.15, 0.2) is 102 Å². The Balaban J connectivity index is 1.58. The van der Waals surface area contributed by atoms with Crippen molar-refractivity contribution in [2.24, 2.45) is 51.4 Å². The van der Waals surface area contributed by atoms with Gasteiger partial charge in [-0.3, -0.25) is 48.1 Å². The van der Waals surface area contributed by atoms with Gasteiger partial charge in [-0.1, -0.05) is 91.3 Å². The van der Waals surface area contributed by atoms with Crippen LogP contribution in [0.2, 0.25) is 0 Å². The number of phenolic OH excluding ortho intramolecular Hbond substituents is 1. The highest BCUT2D eigenvalue weighted by molar-refractivity contribution is 5.98. The monoisotopic (exact) mass is 1100 g/mol. The summed E-state index contributed by atoms with van der Waals surface area (Å²) in [5.74, 6) is -9.51. The van der Waals surface area contributed by atoms with E-state index in [1.807, 2.05) is 42.5 Å². The average Bonchev–Trinajstić information content (AvgIpc) is 3.43. The van der Waals surface area contributed by atoms with E-state index in [2.05, 4.69) is 31.6 Å². The summed E-state index contributed by atoms with van der Waals surface area (Å²) < 4.78 is 0. The molecule has 7 atom stereocenters. The van der Waals surface area contributed by atoms with E-state index in [0.29, 0.717) is 55.5 Å². The number of hydrogen-bond donors (Lipinski definition) is 11. The van der Waals surface area contributed by atoms with Crippen LogP contribution in [0.5, 0.6) is 5.75 Å². The van der Waals surface area contributed by atoms with E-state index in [4.69, 9.17) is 28.7 Å². The number of amides is 6. The van der Waals surface area contributed by atoms with Gasteiger partial charge >= 0.3 is 0 Å². The van der Waals surface area contributed by atoms with E-state index in [1.54, 1.807) is 42.5 Å². The Kier molecular flexibility index (Phi) is 25.7. The quantitative estimate of drug-likeness (QED) is 0.0323. The molecule has 4 aromatic carbocycles. The maximum Gasteiger partial charge on any atom is 0.243 e. The molecule has 0 saturated carbocycles. The van der Waals surface area contributed by atoms with Crippen LogP contribution in [-0.4, -0.2) is 114 Å². The molecule has 0 bridgehead atoms. The minimum absolute atomic E-state index is 0.0334. The molecule has 4 aromatic rings. The first-order valence-corrected chi connectivity index (χ1v) is 27.5. The number of nitrogens with zero attached hydrogens (tertiary/aromatic N) is 1. The second kappa shape index (κ2) is 32.8. The van der Waals surface area contributed by atoms with Crippen LogP contribution in [0.1, 0.15) is 100 Å². The molecule has 1 heterocycles. The number of rotatable bonds is 21. The number of benzene rings is 4. The number of phenols is 1. The van der Waals surface area contributed by atoms with Gasteiger partial charge in [0.1, 0.15) is 17.8 Å². The molecular weight excluding hydrogens is 1020 g/mol. The number of fused-ring (bicyclic) bond motifs is 1. The maximum atomic E-state index is 14.8. The Morgan fingerprint density at radius 1 is 0.613 bits per heavy atom. The molecule has 0 aromatic heterocycles. The van der Waals surface area contributed by atoms with Gasteiger partial charge < -0.3 is 60.4 Å². The van der Waals surface area contributed by atoms with Crippen molar-refractivity contribution in [3.05, 3.63) is 114 Å². The number of primary amides is 1. The minimum Gasteiger partial charge on any atom is -0.508 e. The lowest BCUT2D eigenvalue weighted by molar-refractivity contribution is -0.135. The van der Waals surface area contributed by atoms with Gasteiger partial charge in [0.25, 0.3) is 0 Å². The van der Waals surface area contributed by atoms with Crippen LogP contribution in [0, 0.1) is 17.8 Å². The third-order valence-corrected chi connectivity index (χ3v) is 14.2. The molecule has 1 aliphatic heterocycles. The fourth-order valence-corrected chi connectivity index (χ4v) is 9.73. The van der Waals surface area contributed by atoms with Crippen molar-refractivity contribution < 1.29 is 48.3 Å². The highest BCUT2D eigenvalue weighted by Gasteiger charge is 2.35. The van der Waals surface area contributed by atoms with Crippen molar-refractivity contribution in [3.8, 4) is 5.75 Å². The normalized spacial score (nSPS) is 20.9. The van der Waals surface area contributed by atoms with Crippen LogP contribution >= 0.6 is 0 Å². The fourth-order valence-electron chi connectivity index (χ4n) is 9.73. The maximum absolute atomic E-state index is 14.8. The zero-order valence-electron chi connectivity index (χ0n) is 45.4. The first-order chi connectivity index (χ1) is 38.4. The van der Waals surface area contributed by atoms with Crippen molar-refractivity contribution >= 4 is 69.5 Å². The molecule has 1 saturated heterocycles. The first-order valence-electron chi connectivity index (χ1n) is 27.5. The van der Waals surface area contributed by atoms with Gasteiger partial charge in [0.05, 0.1) is 18.6 Å². The van der Waals surface area contributed by atoms with Gasteiger partial charge in [-0.15, -0.1) is 0 Å². The summed E-state index contributed by atoms with van der Waals surface area (Å²) >= 11 is 0. The highest BCUT2D eigenvalue weighted by atomic mass is 16.3. The molecule has 0 aliphatic carbocycles. The summed E-state index contributed by atoms with van der Waals surface area (Å²) in [5, 5.41) is 25.8. The Morgan fingerprint density at radius 2 is 1.24 bits per heavy atom. The lowest BCUT2D eigenvalue weighted by atomic mass is 9.88. The van der Waals surface area contributed by atoms with E-state index >= 15 is 0 Å². The number of aliphatic imine (C=N–C) groups is 1. The lowest BCUT2D eigenvalue weighted by Crippen LogP contribution is -2.53. The number of ketones is 3. The summed E-state index contributed by atoms with van der Waals surface area (Å²) in [6, 6.07) is 23.2. The highest BCUT2D eigenvalue weighted by Crippen LogP contribution is 2.24. The number of Topliss-reactive ketones (excluding diaryl/α,β-unsaturated/α-hetero) is 3. The van der Waals surface area contributed by atoms with Crippen molar-refractivity contribution in [1.29, 1.82) is 0 Å². The number of unbranched alkanes of at least 4 members (excludes halogenated alkanes) is 2. The van der Waals surface area contributed by atoms with Crippen molar-refractivity contribution in [2.75, 3.05) is 26.2 Å². The predicted molar refractivity (Wildman–Crippen MR) is 304 cm³/mol. The molecule has 80 heavy (non-hydrogen) atoms. The lowest BCUT2D eigenvalue weighted by Gasteiger charge is -2.26. The van der Waals surface area contributed by atoms with E-state index in [0.717, 1.165) is 10.8 Å². The molecule has 5 rings (SSSR count). The summed E-state index contributed by atoms with van der Waals surface area (Å²) in [6.07, 6.45) is 0.553. The summed E-state index contributed by atoms with van der Waals surface area (Å²) in [6.45, 7) is 0.161. The van der Waals surface area contributed by atoms with Crippen molar-refractivity contribution in [2.45, 2.75) is 127 Å². The second-order valence-electron chi connectivity index (χ2n) is 20.6. The number of nitrogens with two attached hydrogens (primary N) is 5. The van der Waals surface area contributed by atoms with Gasteiger partial charge in [-0.05, 0) is 117 Å². The zero-order valence-corrected chi connectivity index (χ0v) is 45.4. The first kappa shape index (κ1) is 62.8. The fraction of sp³-hybridized carbons (Fsp3) is 0.458. The van der Waals surface area contributed by atoms with Gasteiger partial charge in [0, 0.05) is 56.4 Å². The average molecular weight is 1100 g/mol. The summed E-state index contributed by atoms with van der Waals surface area (Å²) in [5.41, 5.74) is 30.4. The van der Waals surface area contributed by atoms with Crippen LogP contribution < -0.4 is 55.3 Å². The molecule has 1 aliphatic rings. The summed E-state index contributed by atoms with van der Waals surface area (Å²) in [7, 11) is 0. The predicted octanol–water partition coefficient (Wildman–Crippen LogP) is 1.95. The molecule has 0 radical (unpaired) electrons. The number of aromatic hydroxyl groups is 1. The number of guanidine groups is 1. The molecule has 0 spiro atoms. The standard InChI is InChI=1S/C59H79N11O10/c60-26-8-6-15-42-34-52(74)49(31-38-19-23-45(71)24-20-38)70-58(80)50(32-37-11-2-1-3-12-37)67-53(75)25-22-43(57(79)69-48(54(62)76)16-7-9-27-61)33-46(72)36-66-55(77)44(30-39-18-21-40-13-4-5-14-41(40)29-39)35-51(73)47(68-56(42)78)17-10-28-65-59(63)64/h1-5,11-14,18-21,23-24,29,42-44,47-50,71H,6-10,15-17,22,25-28,30-36,60-61H2,(H2,62,76)(H,66,77)(H,67,75)(H,68,78)(H,69,79)(H,70,80)(H4,63,64,65)/t42-,43+,44-,47-,48+,49+,50+/m1/s1. The minimum atomic E-state index is -1.29. The Bertz CT molecular complexity index is 2770. The molecule has 0 unspecified atom stereocenters. The Hall–Kier alpha value is -8.04. The molecule has 16 N–H and O–H groups in total. The smallest absolute Gasteiger partial charge is 0.243 e. The van der Waals surface area contributed by atoms with E-state index < -0.39 is 121 Å². The largest absolute Gasteiger partial charge is 0.508 e. The summed E-state index contributed by atoms with van der Waals surface area (Å²) in [4.78, 5) is 132. The number of nitrogens with one attached hydrogen (secondary N) is 5. The SMILES string of the molecule is NCCCC[C@@H]1CC(=O)[C@H](Cc2ccc(O)cc2)NC(=O)[C@H](Cc2ccccc2)NC(=O)CC[C@H](C(=O)N[C@@H](CCCCN)C(N)=O)CC(=O)CNC(=O)[C@H](Cc2ccc3ccccc3c2)CC(=O)[C@@H](CCCN=C(N)N)NC1=O. The molecular formula is C59H79N11O10. The number of hydrogen-bond acceptors (Lipinski definition) is 13. The molecule has 6 amide bonds. The van der Waals surface area contributed by atoms with Crippen LogP contribution in [-0.2, 0) is 62.4 Å². The zero-order chi connectivity index (χ0) is 58.0. The Labute approximate surface area is 466 Å². The van der Waals surface area contributed by atoms with Crippen molar-refractivity contribution in [1.82, 2.24) is 26.6 Å². The van der Waals surface area contributed by atoms with Crippen LogP contribution in [0.25, 0.3) is 10.8 Å². The van der Waals surface area contributed by atoms with E-state index in [1.165, 1.54) is 12.1 Å². The van der Waals surface area contributed by atoms with Crippen LogP contribution in [0.4, 0.5) is 0 Å². The third kappa shape index (κ3) is 21.3. The van der Waals surface area contributed by atoms with Crippen molar-refractivity contribution in [3.63, 3.8) is 0 Å². The topological polar surface area (TPSA) is 376 Å². The van der Waals surface area contributed by atoms with E-state index in [-0.39, 0.29) is 76.0 Å². The second-order valence-corrected chi connectivity index (χ2v) is 20.6. The van der Waals surface area contributed by atoms with Gasteiger partial charge in [0.15, 0.2) is 23.3 Å². The molecule has 430 valence electrons. The van der Waals surface area contributed by atoms with Gasteiger partial charge in [-0.2, -0.15) is 0 Å². The number of carbonyl (C=O) groups is 9.